The number of aromatic nitrogens is 2. The largest absolute Gasteiger partial charge is 0.414 e. The Balaban J connectivity index is 1.93. The molecule has 2 aromatic rings. The second-order valence-electron chi connectivity index (χ2n) is 5.06. The second kappa shape index (κ2) is 8.39. The van der Waals surface area contributed by atoms with Crippen LogP contribution in [-0.2, 0) is 16.1 Å². The zero-order valence-corrected chi connectivity index (χ0v) is 13.9. The summed E-state index contributed by atoms with van der Waals surface area (Å²) in [5.41, 5.74) is 4.64. The molecule has 0 bridgehead atoms. The van der Waals surface area contributed by atoms with Gasteiger partial charge >= 0.3 is 0 Å². The fraction of sp³-hybridized carbons (Fsp3) is 0.429. The van der Waals surface area contributed by atoms with Crippen LogP contribution < -0.4 is 15.8 Å². The van der Waals surface area contributed by atoms with Crippen LogP contribution in [0.3, 0.4) is 0 Å². The molecule has 0 spiro atoms. The van der Waals surface area contributed by atoms with Crippen molar-refractivity contribution in [2.24, 2.45) is 0 Å². The number of quaternary nitrogens is 1. The molecule has 0 fully saturated rings. The molecule has 124 valence electrons. The fourth-order valence-electron chi connectivity index (χ4n) is 2.06. The average Bonchev–Trinajstić information content (AvgIpc) is 3.16. The number of carbonyl (C=O) groups is 2. The lowest BCUT2D eigenvalue weighted by atomic mass is 10.4. The molecule has 0 saturated carbocycles. The Hall–Kier alpha value is -2.26. The van der Waals surface area contributed by atoms with E-state index in [1.54, 1.807) is 0 Å². The molecular formula is C14H20N5O3S+. The first-order chi connectivity index (χ1) is 11.1. The third-order valence-corrected chi connectivity index (χ3v) is 3.85. The molecule has 2 aromatic heterocycles. The van der Waals surface area contributed by atoms with E-state index in [0.29, 0.717) is 18.3 Å². The molecule has 2 rings (SSSR count). The van der Waals surface area contributed by atoms with E-state index in [1.807, 2.05) is 24.4 Å². The highest BCUT2D eigenvalue weighted by atomic mass is 32.1. The van der Waals surface area contributed by atoms with Crippen LogP contribution in [0.25, 0.3) is 10.8 Å². The van der Waals surface area contributed by atoms with Crippen LogP contribution in [-0.4, -0.2) is 35.1 Å². The van der Waals surface area contributed by atoms with Crippen LogP contribution in [0.15, 0.2) is 21.9 Å². The molecule has 2 heterocycles. The summed E-state index contributed by atoms with van der Waals surface area (Å²) in [5.74, 6) is 0.409. The zero-order chi connectivity index (χ0) is 16.7. The van der Waals surface area contributed by atoms with Crippen molar-refractivity contribution < 1.29 is 18.9 Å². The Morgan fingerprint density at radius 1 is 1.35 bits per heavy atom. The average molecular weight is 338 g/mol. The van der Waals surface area contributed by atoms with Gasteiger partial charge in [-0.3, -0.25) is 20.4 Å². The Labute approximate surface area is 137 Å². The summed E-state index contributed by atoms with van der Waals surface area (Å²) in [6.45, 7) is 4.83. The number of carbonyl (C=O) groups excluding carboxylic acids is 2. The Morgan fingerprint density at radius 3 is 2.83 bits per heavy atom. The highest BCUT2D eigenvalue weighted by Crippen LogP contribution is 2.22. The van der Waals surface area contributed by atoms with Gasteiger partial charge in [-0.25, -0.2) is 0 Å². The molecular weight excluding hydrogens is 318 g/mol. The van der Waals surface area contributed by atoms with Gasteiger partial charge in [0.15, 0.2) is 13.1 Å². The minimum Gasteiger partial charge on any atom is -0.414 e. The van der Waals surface area contributed by atoms with Gasteiger partial charge in [0.2, 0.25) is 5.91 Å². The number of thiophene rings is 1. The molecule has 0 saturated heterocycles. The molecule has 9 heteroatoms. The summed E-state index contributed by atoms with van der Waals surface area (Å²) in [4.78, 5) is 24.5. The Morgan fingerprint density at radius 2 is 2.17 bits per heavy atom. The van der Waals surface area contributed by atoms with Crippen LogP contribution in [0.2, 0.25) is 0 Å². The quantitative estimate of drug-likeness (QED) is 0.605. The molecule has 0 aliphatic heterocycles. The van der Waals surface area contributed by atoms with Crippen molar-refractivity contribution in [1.29, 1.82) is 0 Å². The van der Waals surface area contributed by atoms with Gasteiger partial charge in [0.1, 0.15) is 0 Å². The van der Waals surface area contributed by atoms with Crippen LogP contribution in [0.1, 0.15) is 26.2 Å². The lowest BCUT2D eigenvalue weighted by molar-refractivity contribution is -0.907. The van der Waals surface area contributed by atoms with Gasteiger partial charge in [-0.15, -0.1) is 21.5 Å². The molecule has 0 aliphatic rings. The summed E-state index contributed by atoms with van der Waals surface area (Å²) in [6, 6.07) is 3.84. The van der Waals surface area contributed by atoms with Crippen molar-refractivity contribution in [3.63, 3.8) is 0 Å². The molecule has 8 nitrogen and oxygen atoms in total. The number of hydrogen-bond acceptors (Lipinski definition) is 6. The highest BCUT2D eigenvalue weighted by molar-refractivity contribution is 7.13. The van der Waals surface area contributed by atoms with Gasteiger partial charge in [-0.05, 0) is 17.9 Å². The van der Waals surface area contributed by atoms with Crippen LogP contribution in [0.4, 0.5) is 0 Å². The number of rotatable bonds is 7. The van der Waals surface area contributed by atoms with E-state index >= 15 is 0 Å². The van der Waals surface area contributed by atoms with E-state index in [4.69, 9.17) is 4.42 Å². The molecule has 23 heavy (non-hydrogen) atoms. The maximum Gasteiger partial charge on any atom is 0.293 e. The summed E-state index contributed by atoms with van der Waals surface area (Å²) in [7, 11) is 0. The van der Waals surface area contributed by atoms with Crippen LogP contribution >= 0.6 is 11.3 Å². The third-order valence-electron chi connectivity index (χ3n) is 2.99. The van der Waals surface area contributed by atoms with E-state index in [9.17, 15) is 9.59 Å². The van der Waals surface area contributed by atoms with Gasteiger partial charge in [-0.1, -0.05) is 13.0 Å². The van der Waals surface area contributed by atoms with E-state index < -0.39 is 0 Å². The van der Waals surface area contributed by atoms with Gasteiger partial charge in [0.05, 0.1) is 11.4 Å². The number of amides is 2. The molecule has 3 N–H and O–H groups in total. The zero-order valence-electron chi connectivity index (χ0n) is 13.1. The summed E-state index contributed by atoms with van der Waals surface area (Å²) >= 11 is 1.53. The second-order valence-corrected chi connectivity index (χ2v) is 6.01. The molecule has 1 unspecified atom stereocenters. The first kappa shape index (κ1) is 17.1. The molecule has 0 radical (unpaired) electrons. The molecule has 1 atom stereocenters. The summed E-state index contributed by atoms with van der Waals surface area (Å²) in [5, 5.41) is 10.0. The number of nitrogens with one attached hydrogen (secondary N) is 3. The van der Waals surface area contributed by atoms with Gasteiger partial charge in [-0.2, -0.15) is 0 Å². The highest BCUT2D eigenvalue weighted by Gasteiger charge is 2.18. The fourth-order valence-corrected chi connectivity index (χ4v) is 2.70. The van der Waals surface area contributed by atoms with Crippen molar-refractivity contribution in [2.75, 3.05) is 13.1 Å². The number of hydrazine groups is 1. The van der Waals surface area contributed by atoms with Crippen molar-refractivity contribution >= 4 is 23.2 Å². The van der Waals surface area contributed by atoms with Crippen molar-refractivity contribution in [1.82, 2.24) is 21.0 Å². The lowest BCUT2D eigenvalue weighted by Gasteiger charge is -2.16. The Kier molecular flexibility index (Phi) is 6.24. The van der Waals surface area contributed by atoms with Gasteiger partial charge < -0.3 is 9.32 Å². The molecule has 2 amide bonds. The van der Waals surface area contributed by atoms with Crippen molar-refractivity contribution in [3.8, 4) is 10.8 Å². The van der Waals surface area contributed by atoms with E-state index in [1.165, 1.54) is 18.3 Å². The predicted molar refractivity (Wildman–Crippen MR) is 84.3 cm³/mol. The summed E-state index contributed by atoms with van der Waals surface area (Å²) in [6.07, 6.45) is 0.911. The molecule has 0 aliphatic carbocycles. The predicted octanol–water partition coefficient (Wildman–Crippen LogP) is -0.240. The summed E-state index contributed by atoms with van der Waals surface area (Å²) < 4.78 is 5.65. The minimum atomic E-state index is -0.312. The SMILES string of the molecule is CCC[NH+](CC(=O)NNC(C)=O)Cc1nnc(-c2cccs2)o1. The normalized spacial score (nSPS) is 11.9. The van der Waals surface area contributed by atoms with Gasteiger partial charge in [0.25, 0.3) is 17.7 Å². The van der Waals surface area contributed by atoms with E-state index in [2.05, 4.69) is 21.0 Å². The Bertz CT molecular complexity index is 641. The molecule has 0 aromatic carbocycles. The van der Waals surface area contributed by atoms with Crippen molar-refractivity contribution in [3.05, 3.63) is 23.4 Å². The number of hydrogen-bond donors (Lipinski definition) is 3. The minimum absolute atomic E-state index is 0.213. The van der Waals surface area contributed by atoms with Crippen LogP contribution in [0.5, 0.6) is 0 Å². The van der Waals surface area contributed by atoms with Crippen molar-refractivity contribution in [2.45, 2.75) is 26.8 Å². The topological polar surface area (TPSA) is 102 Å². The number of nitrogens with zero attached hydrogens (tertiary/aromatic N) is 2. The maximum absolute atomic E-state index is 11.8. The monoisotopic (exact) mass is 338 g/mol. The lowest BCUT2D eigenvalue weighted by Crippen LogP contribution is -3.12. The van der Waals surface area contributed by atoms with E-state index in [0.717, 1.165) is 22.7 Å². The standard InChI is InChI=1S/C14H19N5O3S/c1-3-6-19(8-12(21)16-15-10(2)20)9-13-17-18-14(22-13)11-5-4-7-23-11/h4-5,7H,3,6,8-9H2,1-2H3,(H,15,20)(H,16,21)/p+1. The third kappa shape index (κ3) is 5.46. The van der Waals surface area contributed by atoms with Crippen LogP contribution in [0, 0.1) is 0 Å². The smallest absolute Gasteiger partial charge is 0.293 e. The first-order valence-corrected chi connectivity index (χ1v) is 8.21. The van der Waals surface area contributed by atoms with Gasteiger partial charge in [0, 0.05) is 6.92 Å². The maximum atomic E-state index is 11.8. The van der Waals surface area contributed by atoms with E-state index in [-0.39, 0.29) is 18.4 Å². The first-order valence-electron chi connectivity index (χ1n) is 7.33.